The number of rotatable bonds is 4. The molecule has 0 bridgehead atoms. The van der Waals surface area contributed by atoms with Crippen molar-refractivity contribution in [1.82, 2.24) is 4.90 Å². The Labute approximate surface area is 220 Å². The van der Waals surface area contributed by atoms with E-state index < -0.39 is 17.2 Å². The molecule has 0 aliphatic carbocycles. The lowest BCUT2D eigenvalue weighted by molar-refractivity contribution is -0.152. The second kappa shape index (κ2) is 10.7. The van der Waals surface area contributed by atoms with Crippen LogP contribution in [0, 0.1) is 0 Å². The van der Waals surface area contributed by atoms with Gasteiger partial charge in [0.25, 0.3) is 0 Å². The minimum atomic E-state index is -0.846. The third-order valence-corrected chi connectivity index (χ3v) is 7.43. The van der Waals surface area contributed by atoms with E-state index in [9.17, 15) is 14.4 Å². The molecule has 0 atom stereocenters. The highest BCUT2D eigenvalue weighted by Gasteiger charge is 2.45. The van der Waals surface area contributed by atoms with Crippen LogP contribution in [0.15, 0.2) is 81.7 Å². The molecule has 0 saturated carbocycles. The van der Waals surface area contributed by atoms with Crippen molar-refractivity contribution in [2.24, 2.45) is 0 Å². The highest BCUT2D eigenvalue weighted by molar-refractivity contribution is 9.10. The van der Waals surface area contributed by atoms with Crippen molar-refractivity contribution >= 4 is 55.3 Å². The number of nitrogens with zero attached hydrogens (tertiary/aromatic N) is 1. The largest absolute Gasteiger partial charge is 0.468 e. The number of carbonyl (C=O) groups excluding carboxylic acids is 3. The number of hydrogen-bond acceptors (Lipinski definition) is 4. The lowest BCUT2D eigenvalue weighted by Crippen LogP contribution is -2.51. The van der Waals surface area contributed by atoms with Gasteiger partial charge in [0, 0.05) is 27.7 Å². The predicted molar refractivity (Wildman–Crippen MR) is 142 cm³/mol. The molecule has 6 nitrogen and oxygen atoms in total. The van der Waals surface area contributed by atoms with E-state index in [1.807, 2.05) is 66.7 Å². The van der Waals surface area contributed by atoms with Gasteiger partial charge in [0.15, 0.2) is 0 Å². The Hall–Kier alpha value is -2.97. The maximum atomic E-state index is 12.9. The van der Waals surface area contributed by atoms with E-state index in [4.69, 9.17) is 4.74 Å². The molecule has 3 aromatic rings. The molecule has 0 spiro atoms. The van der Waals surface area contributed by atoms with Crippen LogP contribution in [0.4, 0.5) is 5.69 Å². The van der Waals surface area contributed by atoms with Crippen LogP contribution in [-0.4, -0.2) is 42.9 Å². The molecule has 0 aromatic heterocycles. The van der Waals surface area contributed by atoms with Gasteiger partial charge in [-0.05, 0) is 65.9 Å². The molecule has 1 saturated heterocycles. The number of likely N-dealkylation sites (tertiary alicyclic amines) is 1. The Morgan fingerprint density at radius 1 is 0.857 bits per heavy atom. The van der Waals surface area contributed by atoms with E-state index >= 15 is 0 Å². The van der Waals surface area contributed by atoms with Crippen LogP contribution in [0.2, 0.25) is 0 Å². The van der Waals surface area contributed by atoms with Crippen LogP contribution < -0.4 is 5.32 Å². The summed E-state index contributed by atoms with van der Waals surface area (Å²) < 4.78 is 7.01. The minimum Gasteiger partial charge on any atom is -0.468 e. The monoisotopic (exact) mass is 598 g/mol. The predicted octanol–water partition coefficient (Wildman–Crippen LogP) is 5.55. The fourth-order valence-corrected chi connectivity index (χ4v) is 4.94. The van der Waals surface area contributed by atoms with Crippen molar-refractivity contribution in [2.45, 2.75) is 18.3 Å². The van der Waals surface area contributed by atoms with Gasteiger partial charge in [-0.25, -0.2) is 0 Å². The van der Waals surface area contributed by atoms with Gasteiger partial charge in [-0.2, -0.15) is 0 Å². The molecule has 1 N–H and O–H groups in total. The fourth-order valence-electron chi connectivity index (χ4n) is 4.41. The number of hydrogen-bond donors (Lipinski definition) is 1. The molecule has 1 aliphatic heterocycles. The summed E-state index contributed by atoms with van der Waals surface area (Å²) in [5, 5.41) is 2.72. The van der Waals surface area contributed by atoms with Gasteiger partial charge in [0.2, 0.25) is 0 Å². The van der Waals surface area contributed by atoms with Crippen LogP contribution in [0.3, 0.4) is 0 Å². The molecular weight excluding hydrogens is 576 g/mol. The molecule has 0 radical (unpaired) electrons. The topological polar surface area (TPSA) is 75.7 Å². The molecule has 1 aliphatic rings. The van der Waals surface area contributed by atoms with Crippen LogP contribution >= 0.6 is 31.9 Å². The van der Waals surface area contributed by atoms with E-state index in [0.717, 1.165) is 25.6 Å². The highest BCUT2D eigenvalue weighted by Crippen LogP contribution is 2.37. The summed E-state index contributed by atoms with van der Waals surface area (Å²) in [4.78, 5) is 39.9. The maximum Gasteiger partial charge on any atom is 0.316 e. The van der Waals surface area contributed by atoms with Crippen molar-refractivity contribution in [3.8, 4) is 11.1 Å². The number of halogens is 2. The molecule has 0 unspecified atom stereocenters. The van der Waals surface area contributed by atoms with Gasteiger partial charge in [-0.3, -0.25) is 14.4 Å². The number of anilines is 1. The zero-order chi connectivity index (χ0) is 25.0. The van der Waals surface area contributed by atoms with Gasteiger partial charge in [-0.15, -0.1) is 0 Å². The van der Waals surface area contributed by atoms with E-state index in [1.54, 1.807) is 6.07 Å². The van der Waals surface area contributed by atoms with Crippen LogP contribution in [0.25, 0.3) is 11.1 Å². The van der Waals surface area contributed by atoms with Crippen molar-refractivity contribution in [1.29, 1.82) is 0 Å². The number of benzene rings is 3. The Morgan fingerprint density at radius 3 is 2.06 bits per heavy atom. The number of ether oxygens (including phenoxy) is 1. The van der Waals surface area contributed by atoms with E-state index in [-0.39, 0.29) is 19.1 Å². The normalized spacial score (nSPS) is 14.8. The minimum absolute atomic E-state index is 0.274. The van der Waals surface area contributed by atoms with E-state index in [1.165, 1.54) is 12.0 Å². The fraction of sp³-hybridized carbons (Fsp3) is 0.222. The van der Waals surface area contributed by atoms with Gasteiger partial charge in [-0.1, -0.05) is 68.3 Å². The molecule has 3 aromatic carbocycles. The Kier molecular flexibility index (Phi) is 7.72. The Morgan fingerprint density at radius 2 is 1.46 bits per heavy atom. The molecule has 8 heteroatoms. The van der Waals surface area contributed by atoms with E-state index in [0.29, 0.717) is 18.5 Å². The van der Waals surface area contributed by atoms with Crippen molar-refractivity contribution in [3.63, 3.8) is 0 Å². The van der Waals surface area contributed by atoms with Crippen LogP contribution in [0.5, 0.6) is 0 Å². The molecule has 35 heavy (non-hydrogen) atoms. The number of carbonyl (C=O) groups is 3. The van der Waals surface area contributed by atoms with Crippen LogP contribution in [0.1, 0.15) is 18.4 Å². The summed E-state index contributed by atoms with van der Waals surface area (Å²) in [5.41, 5.74) is 2.46. The van der Waals surface area contributed by atoms with Gasteiger partial charge < -0.3 is 15.0 Å². The number of piperidine rings is 1. The summed E-state index contributed by atoms with van der Waals surface area (Å²) >= 11 is 6.85. The molecule has 4 rings (SSSR count). The SMILES string of the molecule is COC(=O)C1(c2ccc(Br)cc2)CCN(C(=O)C(=O)Nc2cccc(-c3ccc(Br)cc3)c2)CC1. The summed E-state index contributed by atoms with van der Waals surface area (Å²) in [6.45, 7) is 0.548. The van der Waals surface area contributed by atoms with Crippen molar-refractivity contribution in [2.75, 3.05) is 25.5 Å². The first-order valence-electron chi connectivity index (χ1n) is 11.1. The van der Waals surface area contributed by atoms with Crippen molar-refractivity contribution in [3.05, 3.63) is 87.3 Å². The number of nitrogens with one attached hydrogen (secondary N) is 1. The average Bonchev–Trinajstić information content (AvgIpc) is 2.89. The number of methoxy groups -OCH3 is 1. The second-order valence-corrected chi connectivity index (χ2v) is 10.2. The first-order valence-corrected chi connectivity index (χ1v) is 12.7. The molecule has 180 valence electrons. The Balaban J connectivity index is 1.44. The average molecular weight is 600 g/mol. The highest BCUT2D eigenvalue weighted by atomic mass is 79.9. The van der Waals surface area contributed by atoms with Crippen LogP contribution in [-0.2, 0) is 24.5 Å². The summed E-state index contributed by atoms with van der Waals surface area (Å²) in [5.74, 6) is -1.65. The second-order valence-electron chi connectivity index (χ2n) is 8.41. The van der Waals surface area contributed by atoms with Gasteiger partial charge >= 0.3 is 17.8 Å². The summed E-state index contributed by atoms with van der Waals surface area (Å²) in [6.07, 6.45) is 0.749. The summed E-state index contributed by atoms with van der Waals surface area (Å²) in [6, 6.07) is 22.8. The third kappa shape index (κ3) is 5.49. The zero-order valence-corrected chi connectivity index (χ0v) is 22.3. The number of amides is 2. The molecule has 2 amide bonds. The first-order chi connectivity index (χ1) is 16.8. The lowest BCUT2D eigenvalue weighted by Gasteiger charge is -2.39. The van der Waals surface area contributed by atoms with Gasteiger partial charge in [0.1, 0.15) is 0 Å². The standard InChI is InChI=1S/C27H24Br2N2O4/c1-35-26(34)27(20-7-11-22(29)12-8-20)13-15-31(16-14-27)25(33)24(32)30-23-4-2-3-19(17-23)18-5-9-21(28)10-6-18/h2-12,17H,13-16H2,1H3,(H,30,32). The molecule has 1 heterocycles. The number of esters is 1. The lowest BCUT2D eigenvalue weighted by atomic mass is 9.72. The smallest absolute Gasteiger partial charge is 0.316 e. The van der Waals surface area contributed by atoms with Crippen molar-refractivity contribution < 1.29 is 19.1 Å². The molecule has 1 fully saturated rings. The maximum absolute atomic E-state index is 12.9. The quantitative estimate of drug-likeness (QED) is 0.315. The van der Waals surface area contributed by atoms with E-state index in [2.05, 4.69) is 37.2 Å². The Bertz CT molecular complexity index is 1230. The first kappa shape index (κ1) is 25.1. The summed E-state index contributed by atoms with van der Waals surface area (Å²) in [7, 11) is 1.37. The zero-order valence-electron chi connectivity index (χ0n) is 19.1. The third-order valence-electron chi connectivity index (χ3n) is 6.37. The van der Waals surface area contributed by atoms with Gasteiger partial charge in [0.05, 0.1) is 12.5 Å². The molecular formula is C27H24Br2N2O4.